The van der Waals surface area contributed by atoms with E-state index in [0.29, 0.717) is 24.9 Å². The molecule has 2 N–H and O–H groups in total. The Morgan fingerprint density at radius 1 is 1.44 bits per heavy atom. The Hall–Kier alpha value is -1.67. The molecule has 0 unspecified atom stereocenters. The molecule has 2 aromatic heterocycles. The highest BCUT2D eigenvalue weighted by molar-refractivity contribution is 7.99. The molecule has 2 rings (SSSR count). The number of aromatic nitrogens is 5. The van der Waals surface area contributed by atoms with E-state index in [1.54, 1.807) is 12.4 Å². The van der Waals surface area contributed by atoms with Crippen molar-refractivity contribution in [3.8, 4) is 0 Å². The zero-order valence-electron chi connectivity index (χ0n) is 10.2. The van der Waals surface area contributed by atoms with Gasteiger partial charge in [0.15, 0.2) is 11.0 Å². The Labute approximate surface area is 109 Å². The summed E-state index contributed by atoms with van der Waals surface area (Å²) in [7, 11) is 1.87. The number of nitrogens with zero attached hydrogens (tertiary/aromatic N) is 5. The molecule has 18 heavy (non-hydrogen) atoms. The summed E-state index contributed by atoms with van der Waals surface area (Å²) in [5.41, 5.74) is 5.74. The number of anilines is 1. The SMILES string of the molecule is CCOCc1nc(N)cc(Sc2nncn2C)n1. The fourth-order valence-electron chi connectivity index (χ4n) is 1.26. The molecule has 0 bridgehead atoms. The Kier molecular flexibility index (Phi) is 4.11. The summed E-state index contributed by atoms with van der Waals surface area (Å²) in [5, 5.41) is 9.26. The first-order valence-electron chi connectivity index (χ1n) is 5.42. The zero-order valence-corrected chi connectivity index (χ0v) is 11.0. The number of ether oxygens (including phenoxy) is 1. The van der Waals surface area contributed by atoms with Crippen molar-refractivity contribution in [2.75, 3.05) is 12.3 Å². The van der Waals surface area contributed by atoms with E-state index in [-0.39, 0.29) is 0 Å². The highest BCUT2D eigenvalue weighted by Crippen LogP contribution is 2.24. The van der Waals surface area contributed by atoms with Crippen LogP contribution in [0, 0.1) is 0 Å². The maximum Gasteiger partial charge on any atom is 0.197 e. The molecule has 0 aliphatic heterocycles. The Bertz CT molecular complexity index is 529. The van der Waals surface area contributed by atoms with Crippen LogP contribution in [-0.2, 0) is 18.4 Å². The molecular weight excluding hydrogens is 252 g/mol. The van der Waals surface area contributed by atoms with Gasteiger partial charge in [0.1, 0.15) is 23.8 Å². The molecule has 0 aliphatic rings. The Morgan fingerprint density at radius 2 is 2.28 bits per heavy atom. The third-order valence-electron chi connectivity index (χ3n) is 2.07. The average molecular weight is 266 g/mol. The van der Waals surface area contributed by atoms with Crippen LogP contribution in [0.3, 0.4) is 0 Å². The first-order chi connectivity index (χ1) is 8.69. The van der Waals surface area contributed by atoms with Gasteiger partial charge in [0.05, 0.1) is 0 Å². The lowest BCUT2D eigenvalue weighted by Gasteiger charge is -2.05. The quantitative estimate of drug-likeness (QED) is 0.803. The van der Waals surface area contributed by atoms with Crippen molar-refractivity contribution >= 4 is 17.6 Å². The van der Waals surface area contributed by atoms with Crippen LogP contribution in [-0.4, -0.2) is 31.3 Å². The van der Waals surface area contributed by atoms with Crippen LogP contribution in [0.25, 0.3) is 0 Å². The highest BCUT2D eigenvalue weighted by Gasteiger charge is 2.08. The predicted molar refractivity (Wildman–Crippen MR) is 66.9 cm³/mol. The lowest BCUT2D eigenvalue weighted by molar-refractivity contribution is 0.128. The van der Waals surface area contributed by atoms with E-state index in [1.165, 1.54) is 11.8 Å². The van der Waals surface area contributed by atoms with Crippen molar-refractivity contribution in [1.82, 2.24) is 24.7 Å². The van der Waals surface area contributed by atoms with Crippen molar-refractivity contribution in [2.24, 2.45) is 7.05 Å². The molecule has 0 saturated heterocycles. The van der Waals surface area contributed by atoms with Gasteiger partial charge in [-0.1, -0.05) is 0 Å². The summed E-state index contributed by atoms with van der Waals surface area (Å²) in [6.45, 7) is 2.89. The molecule has 0 spiro atoms. The van der Waals surface area contributed by atoms with Crippen molar-refractivity contribution < 1.29 is 4.74 Å². The van der Waals surface area contributed by atoms with Crippen molar-refractivity contribution in [2.45, 2.75) is 23.7 Å². The number of nitrogen functional groups attached to an aromatic ring is 1. The van der Waals surface area contributed by atoms with E-state index in [9.17, 15) is 0 Å². The van der Waals surface area contributed by atoms with Gasteiger partial charge in [-0.2, -0.15) is 0 Å². The lowest BCUT2D eigenvalue weighted by atomic mass is 10.5. The summed E-state index contributed by atoms with van der Waals surface area (Å²) in [6.07, 6.45) is 1.63. The lowest BCUT2D eigenvalue weighted by Crippen LogP contribution is -2.03. The van der Waals surface area contributed by atoms with E-state index < -0.39 is 0 Å². The van der Waals surface area contributed by atoms with Gasteiger partial charge >= 0.3 is 0 Å². The van der Waals surface area contributed by atoms with Gasteiger partial charge in [-0.05, 0) is 18.7 Å². The van der Waals surface area contributed by atoms with Crippen molar-refractivity contribution in [1.29, 1.82) is 0 Å². The van der Waals surface area contributed by atoms with E-state index in [2.05, 4.69) is 20.2 Å². The summed E-state index contributed by atoms with van der Waals surface area (Å²) in [6, 6.07) is 1.70. The molecule has 0 atom stereocenters. The van der Waals surface area contributed by atoms with Crippen LogP contribution in [0.5, 0.6) is 0 Å². The zero-order chi connectivity index (χ0) is 13.0. The molecular formula is C10H14N6OS. The molecule has 8 heteroatoms. The van der Waals surface area contributed by atoms with Gasteiger partial charge in [-0.3, -0.25) is 0 Å². The van der Waals surface area contributed by atoms with Crippen LogP contribution < -0.4 is 5.73 Å². The molecule has 0 fully saturated rings. The first-order valence-corrected chi connectivity index (χ1v) is 6.23. The molecule has 2 heterocycles. The number of hydrogen-bond donors (Lipinski definition) is 1. The van der Waals surface area contributed by atoms with Crippen molar-refractivity contribution in [3.63, 3.8) is 0 Å². The second kappa shape index (κ2) is 5.78. The molecule has 0 aliphatic carbocycles. The van der Waals surface area contributed by atoms with E-state index in [4.69, 9.17) is 10.5 Å². The monoisotopic (exact) mass is 266 g/mol. The Balaban J connectivity index is 2.17. The summed E-state index contributed by atoms with van der Waals surface area (Å²) < 4.78 is 7.08. The number of nitrogens with two attached hydrogens (primary N) is 1. The maximum absolute atomic E-state index is 5.74. The smallest absolute Gasteiger partial charge is 0.197 e. The maximum atomic E-state index is 5.74. The van der Waals surface area contributed by atoms with Gasteiger partial charge in [0.25, 0.3) is 0 Å². The Morgan fingerprint density at radius 3 is 2.94 bits per heavy atom. The van der Waals surface area contributed by atoms with Crippen LogP contribution in [0.1, 0.15) is 12.7 Å². The first kappa shape index (κ1) is 12.8. The summed E-state index contributed by atoms with van der Waals surface area (Å²) >= 11 is 1.39. The molecule has 0 saturated carbocycles. The van der Waals surface area contributed by atoms with Gasteiger partial charge in [-0.15, -0.1) is 10.2 Å². The standard InChI is InChI=1S/C10H14N6OS/c1-3-17-5-8-13-7(11)4-9(14-8)18-10-15-12-6-16(10)2/h4,6H,3,5H2,1-2H3,(H2,11,13,14). The minimum Gasteiger partial charge on any atom is -0.384 e. The number of aryl methyl sites for hydroxylation is 1. The van der Waals surface area contributed by atoms with Crippen molar-refractivity contribution in [3.05, 3.63) is 18.2 Å². The second-order valence-corrected chi connectivity index (χ2v) is 4.50. The summed E-state index contributed by atoms with van der Waals surface area (Å²) in [4.78, 5) is 8.46. The largest absolute Gasteiger partial charge is 0.384 e. The van der Waals surface area contributed by atoms with Crippen LogP contribution in [0.4, 0.5) is 5.82 Å². The topological polar surface area (TPSA) is 91.7 Å². The minimum atomic E-state index is 0.355. The second-order valence-electron chi connectivity index (χ2n) is 3.51. The molecule has 7 nitrogen and oxygen atoms in total. The van der Waals surface area contributed by atoms with E-state index in [1.807, 2.05) is 18.5 Å². The van der Waals surface area contributed by atoms with E-state index in [0.717, 1.165) is 10.2 Å². The van der Waals surface area contributed by atoms with Crippen LogP contribution in [0.2, 0.25) is 0 Å². The third-order valence-corrected chi connectivity index (χ3v) is 3.04. The molecule has 0 amide bonds. The van der Waals surface area contributed by atoms with Gasteiger partial charge < -0.3 is 15.0 Å². The van der Waals surface area contributed by atoms with Gasteiger partial charge in [0, 0.05) is 19.7 Å². The number of rotatable bonds is 5. The third kappa shape index (κ3) is 3.17. The van der Waals surface area contributed by atoms with Gasteiger partial charge in [0.2, 0.25) is 0 Å². The van der Waals surface area contributed by atoms with Crippen LogP contribution >= 0.6 is 11.8 Å². The fourth-order valence-corrected chi connectivity index (χ4v) is 2.06. The highest BCUT2D eigenvalue weighted by atomic mass is 32.2. The molecule has 0 radical (unpaired) electrons. The normalized spacial score (nSPS) is 10.8. The average Bonchev–Trinajstić information content (AvgIpc) is 2.72. The molecule has 2 aromatic rings. The minimum absolute atomic E-state index is 0.355. The molecule has 0 aromatic carbocycles. The van der Waals surface area contributed by atoms with Gasteiger partial charge in [-0.25, -0.2) is 9.97 Å². The summed E-state index contributed by atoms with van der Waals surface area (Å²) in [5.74, 6) is 0.992. The number of hydrogen-bond acceptors (Lipinski definition) is 7. The predicted octanol–water partition coefficient (Wildman–Crippen LogP) is 0.875. The molecule has 96 valence electrons. The van der Waals surface area contributed by atoms with E-state index >= 15 is 0 Å². The van der Waals surface area contributed by atoms with Crippen LogP contribution in [0.15, 0.2) is 22.6 Å². The fraction of sp³-hybridized carbons (Fsp3) is 0.400.